The van der Waals surface area contributed by atoms with Gasteiger partial charge in [0, 0.05) is 17.9 Å². The third-order valence-corrected chi connectivity index (χ3v) is 3.87. The molecule has 5 nitrogen and oxygen atoms in total. The molecule has 0 saturated heterocycles. The van der Waals surface area contributed by atoms with Crippen LogP contribution in [0.2, 0.25) is 0 Å². The van der Waals surface area contributed by atoms with E-state index in [4.69, 9.17) is 0 Å². The number of carbonyl (C=O) groups excluding carboxylic acids is 2. The lowest BCUT2D eigenvalue weighted by molar-refractivity contribution is 0.0918. The lowest BCUT2D eigenvalue weighted by Crippen LogP contribution is -2.15. The molecule has 0 fully saturated rings. The van der Waals surface area contributed by atoms with Crippen molar-refractivity contribution in [3.8, 4) is 17.2 Å². The maximum atomic E-state index is 12.2. The molecule has 5 heteroatoms. The van der Waals surface area contributed by atoms with Gasteiger partial charge in [-0.05, 0) is 12.8 Å². The van der Waals surface area contributed by atoms with Crippen molar-refractivity contribution in [2.75, 3.05) is 0 Å². The van der Waals surface area contributed by atoms with Crippen molar-refractivity contribution in [2.45, 2.75) is 40.5 Å². The monoisotopic (exact) mass is 294 g/mol. The zero-order valence-corrected chi connectivity index (χ0v) is 12.8. The van der Waals surface area contributed by atoms with Crippen LogP contribution in [0.3, 0.4) is 0 Å². The number of benzene rings is 1. The van der Waals surface area contributed by atoms with Crippen molar-refractivity contribution < 1.29 is 24.9 Å². The summed E-state index contributed by atoms with van der Waals surface area (Å²) in [6, 6.07) is 0.935. The number of hydrogen-bond acceptors (Lipinski definition) is 5. The zero-order chi connectivity index (χ0) is 16.3. The molecule has 0 saturated carbocycles. The minimum Gasteiger partial charge on any atom is -0.507 e. The Labute approximate surface area is 124 Å². The average Bonchev–Trinajstić information content (AvgIpc) is 2.44. The van der Waals surface area contributed by atoms with Crippen LogP contribution in [0.15, 0.2) is 6.07 Å². The van der Waals surface area contributed by atoms with Crippen molar-refractivity contribution in [2.24, 2.45) is 11.8 Å². The number of phenolic OH excluding ortho intramolecular Hbond substituents is 3. The SMILES string of the molecule is CC[C@H](C)C(=O)c1c(O)cc(O)c(C(=O)[C@@H](C)CC)c1O. The van der Waals surface area contributed by atoms with Crippen LogP contribution in [0.4, 0.5) is 0 Å². The molecule has 1 aromatic rings. The molecule has 0 aliphatic rings. The highest BCUT2D eigenvalue weighted by molar-refractivity contribution is 6.09. The quantitative estimate of drug-likeness (QED) is 0.700. The number of carbonyl (C=O) groups is 2. The number of ketones is 2. The number of Topliss-reactive ketones (excluding diaryl/α,β-unsaturated/α-hetero) is 2. The van der Waals surface area contributed by atoms with Crippen molar-refractivity contribution in [3.05, 3.63) is 17.2 Å². The zero-order valence-electron chi connectivity index (χ0n) is 12.8. The smallest absolute Gasteiger partial charge is 0.173 e. The first-order valence-corrected chi connectivity index (χ1v) is 7.12. The summed E-state index contributed by atoms with van der Waals surface area (Å²) in [5, 5.41) is 29.9. The first kappa shape index (κ1) is 17.0. The van der Waals surface area contributed by atoms with Crippen molar-refractivity contribution in [1.82, 2.24) is 0 Å². The highest BCUT2D eigenvalue weighted by atomic mass is 16.3. The molecule has 2 atom stereocenters. The third kappa shape index (κ3) is 3.17. The number of hydrogen-bond donors (Lipinski definition) is 3. The van der Waals surface area contributed by atoms with E-state index in [2.05, 4.69) is 0 Å². The summed E-state index contributed by atoms with van der Waals surface area (Å²) in [5.74, 6) is -3.39. The first-order chi connectivity index (χ1) is 9.76. The molecule has 0 radical (unpaired) electrons. The minimum absolute atomic E-state index is 0.297. The van der Waals surface area contributed by atoms with Gasteiger partial charge in [0.05, 0.1) is 0 Å². The summed E-state index contributed by atoms with van der Waals surface area (Å²) >= 11 is 0. The average molecular weight is 294 g/mol. The van der Waals surface area contributed by atoms with Gasteiger partial charge in [-0.2, -0.15) is 0 Å². The summed E-state index contributed by atoms with van der Waals surface area (Å²) in [4.78, 5) is 24.5. The van der Waals surface area contributed by atoms with Gasteiger partial charge in [0.25, 0.3) is 0 Å². The predicted octanol–water partition coefficient (Wildman–Crippen LogP) is 3.26. The Morgan fingerprint density at radius 3 is 1.52 bits per heavy atom. The minimum atomic E-state index is -0.636. The van der Waals surface area contributed by atoms with E-state index in [-0.39, 0.29) is 11.1 Å². The summed E-state index contributed by atoms with van der Waals surface area (Å²) in [7, 11) is 0. The first-order valence-electron chi connectivity index (χ1n) is 7.12. The molecule has 1 rings (SSSR count). The molecular weight excluding hydrogens is 272 g/mol. The summed E-state index contributed by atoms with van der Waals surface area (Å²) < 4.78 is 0. The lowest BCUT2D eigenvalue weighted by Gasteiger charge is -2.16. The van der Waals surface area contributed by atoms with Crippen LogP contribution in [-0.2, 0) is 0 Å². The molecule has 0 aromatic heterocycles. The number of rotatable bonds is 6. The highest BCUT2D eigenvalue weighted by Gasteiger charge is 2.29. The largest absolute Gasteiger partial charge is 0.507 e. The maximum absolute atomic E-state index is 12.2. The van der Waals surface area contributed by atoms with Crippen LogP contribution in [-0.4, -0.2) is 26.9 Å². The van der Waals surface area contributed by atoms with Crippen molar-refractivity contribution >= 4 is 11.6 Å². The number of aromatic hydroxyl groups is 3. The lowest BCUT2D eigenvalue weighted by atomic mass is 9.89. The molecule has 3 N–H and O–H groups in total. The van der Waals surface area contributed by atoms with Crippen LogP contribution >= 0.6 is 0 Å². The Bertz CT molecular complexity index is 516. The van der Waals surface area contributed by atoms with Gasteiger partial charge in [0.2, 0.25) is 0 Å². The van der Waals surface area contributed by atoms with Crippen LogP contribution < -0.4 is 0 Å². The Balaban J connectivity index is 3.49. The molecule has 0 amide bonds. The Morgan fingerprint density at radius 2 is 1.24 bits per heavy atom. The Kier molecular flexibility index (Phi) is 5.35. The van der Waals surface area contributed by atoms with Crippen molar-refractivity contribution in [1.29, 1.82) is 0 Å². The van der Waals surface area contributed by atoms with E-state index in [0.717, 1.165) is 6.07 Å². The molecule has 21 heavy (non-hydrogen) atoms. The van der Waals surface area contributed by atoms with Gasteiger partial charge in [-0.25, -0.2) is 0 Å². The maximum Gasteiger partial charge on any atom is 0.173 e. The molecule has 0 aliphatic heterocycles. The third-order valence-electron chi connectivity index (χ3n) is 3.87. The van der Waals surface area contributed by atoms with Gasteiger partial charge in [0.15, 0.2) is 11.6 Å². The number of phenols is 3. The van der Waals surface area contributed by atoms with E-state index in [1.165, 1.54) is 0 Å². The molecule has 0 heterocycles. The van der Waals surface area contributed by atoms with Gasteiger partial charge >= 0.3 is 0 Å². The standard InChI is InChI=1S/C16H22O5/c1-5-8(3)14(19)12-10(17)7-11(18)13(16(12)21)15(20)9(4)6-2/h7-9,17-18,21H,5-6H2,1-4H3/t8-,9-/m0/s1. The van der Waals surface area contributed by atoms with Crippen LogP contribution in [0.5, 0.6) is 17.2 Å². The molecule has 0 unspecified atom stereocenters. The second-order valence-electron chi connectivity index (χ2n) is 5.36. The van der Waals surface area contributed by atoms with E-state index in [9.17, 15) is 24.9 Å². The Morgan fingerprint density at radius 1 is 0.905 bits per heavy atom. The Hall–Kier alpha value is -2.04. The van der Waals surface area contributed by atoms with Gasteiger partial charge in [-0.15, -0.1) is 0 Å². The molecule has 1 aromatic carbocycles. The summed E-state index contributed by atoms with van der Waals surface area (Å²) in [6.45, 7) is 6.96. The fourth-order valence-electron chi connectivity index (χ4n) is 1.99. The second kappa shape index (κ2) is 6.61. The van der Waals surface area contributed by atoms with Crippen LogP contribution in [0.1, 0.15) is 61.3 Å². The van der Waals surface area contributed by atoms with Gasteiger partial charge in [0.1, 0.15) is 28.4 Å². The van der Waals surface area contributed by atoms with Gasteiger partial charge in [-0.1, -0.05) is 27.7 Å². The van der Waals surface area contributed by atoms with Crippen LogP contribution in [0.25, 0.3) is 0 Å². The molecule has 116 valence electrons. The highest BCUT2D eigenvalue weighted by Crippen LogP contribution is 2.40. The fraction of sp³-hybridized carbons (Fsp3) is 0.500. The summed E-state index contributed by atoms with van der Waals surface area (Å²) in [5.41, 5.74) is -0.595. The van der Waals surface area contributed by atoms with E-state index in [0.29, 0.717) is 12.8 Å². The predicted molar refractivity (Wildman–Crippen MR) is 79.0 cm³/mol. The van der Waals surface area contributed by atoms with E-state index in [1.807, 2.05) is 13.8 Å². The van der Waals surface area contributed by atoms with Crippen LogP contribution in [0, 0.1) is 11.8 Å². The molecular formula is C16H22O5. The van der Waals surface area contributed by atoms with Gasteiger partial charge < -0.3 is 15.3 Å². The molecule has 0 bridgehead atoms. The van der Waals surface area contributed by atoms with E-state index < -0.39 is 40.7 Å². The second-order valence-corrected chi connectivity index (χ2v) is 5.36. The normalized spacial score (nSPS) is 13.7. The summed E-state index contributed by atoms with van der Waals surface area (Å²) in [6.07, 6.45) is 1.07. The van der Waals surface area contributed by atoms with Crippen molar-refractivity contribution in [3.63, 3.8) is 0 Å². The van der Waals surface area contributed by atoms with E-state index in [1.54, 1.807) is 13.8 Å². The van der Waals surface area contributed by atoms with E-state index >= 15 is 0 Å². The molecule has 0 aliphatic carbocycles. The van der Waals surface area contributed by atoms with Gasteiger partial charge in [-0.3, -0.25) is 9.59 Å². The fourth-order valence-corrected chi connectivity index (χ4v) is 1.99. The topological polar surface area (TPSA) is 94.8 Å². The molecule has 0 spiro atoms.